The zero-order valence-electron chi connectivity index (χ0n) is 16.4. The molecule has 1 fully saturated rings. The lowest BCUT2D eigenvalue weighted by atomic mass is 9.93. The average molecular weight is 417 g/mol. The molecule has 30 heavy (non-hydrogen) atoms. The van der Waals surface area contributed by atoms with Gasteiger partial charge in [-0.15, -0.1) is 0 Å². The van der Waals surface area contributed by atoms with Gasteiger partial charge in [0.1, 0.15) is 0 Å². The van der Waals surface area contributed by atoms with Crippen molar-refractivity contribution < 1.29 is 14.7 Å². The number of aliphatic imine (C=N–C) groups is 1. The van der Waals surface area contributed by atoms with E-state index in [0.29, 0.717) is 22.1 Å². The second kappa shape index (κ2) is 8.55. The smallest absolute Gasteiger partial charge is 0.335 e. The van der Waals surface area contributed by atoms with Crippen LogP contribution in [0.1, 0.15) is 24.0 Å². The number of amides is 1. The summed E-state index contributed by atoms with van der Waals surface area (Å²) in [4.78, 5) is 30.7. The molecule has 0 spiro atoms. The van der Waals surface area contributed by atoms with Gasteiger partial charge < -0.3 is 5.11 Å². The van der Waals surface area contributed by atoms with Gasteiger partial charge in [0.15, 0.2) is 5.17 Å². The normalized spacial score (nSPS) is 19.2. The number of thioether (sulfide) groups is 1. The number of hydrogen-bond donors (Lipinski definition) is 1. The lowest BCUT2D eigenvalue weighted by Gasteiger charge is -2.12. The van der Waals surface area contributed by atoms with Gasteiger partial charge in [0.25, 0.3) is 5.91 Å². The van der Waals surface area contributed by atoms with Crippen LogP contribution in [-0.2, 0) is 9.59 Å². The van der Waals surface area contributed by atoms with E-state index in [9.17, 15) is 14.7 Å². The Morgan fingerprint density at radius 2 is 1.97 bits per heavy atom. The Hall–Kier alpha value is -3.38. The number of nitrogens with zero attached hydrogens (tertiary/aromatic N) is 2. The summed E-state index contributed by atoms with van der Waals surface area (Å²) in [5.41, 5.74) is 3.98. The molecule has 0 bridgehead atoms. The number of para-hydroxylation sites is 1. The molecule has 1 saturated heterocycles. The number of aliphatic carboxylic acids is 1. The predicted octanol–water partition coefficient (Wildman–Crippen LogP) is 5.11. The quantitative estimate of drug-likeness (QED) is 0.703. The molecular weight excluding hydrogens is 396 g/mol. The first-order valence-electron chi connectivity index (χ1n) is 9.57. The lowest BCUT2D eigenvalue weighted by Crippen LogP contribution is -2.23. The number of rotatable bonds is 4. The molecule has 1 aliphatic carbocycles. The van der Waals surface area contributed by atoms with Crippen LogP contribution >= 0.6 is 11.8 Å². The Morgan fingerprint density at radius 1 is 1.17 bits per heavy atom. The molecule has 0 atom stereocenters. The second-order valence-corrected chi connectivity index (χ2v) is 8.01. The summed E-state index contributed by atoms with van der Waals surface area (Å²) in [6.45, 7) is 0. The van der Waals surface area contributed by atoms with E-state index in [1.807, 2.05) is 60.7 Å². The van der Waals surface area contributed by atoms with E-state index >= 15 is 0 Å². The summed E-state index contributed by atoms with van der Waals surface area (Å²) in [6, 6.07) is 17.4. The van der Waals surface area contributed by atoms with Crippen LogP contribution in [0.2, 0.25) is 0 Å². The van der Waals surface area contributed by atoms with Crippen LogP contribution in [0, 0.1) is 0 Å². The molecule has 0 aromatic heterocycles. The molecule has 2 aliphatic rings. The molecule has 2 aromatic carbocycles. The maximum Gasteiger partial charge on any atom is 0.335 e. The maximum absolute atomic E-state index is 12.7. The highest BCUT2D eigenvalue weighted by Crippen LogP contribution is 2.34. The van der Waals surface area contributed by atoms with Gasteiger partial charge in [0.05, 0.1) is 16.2 Å². The number of amidine groups is 1. The molecular formula is C24H20N2O3S. The summed E-state index contributed by atoms with van der Waals surface area (Å²) in [5, 5.41) is 9.89. The molecule has 5 nitrogen and oxygen atoms in total. The standard InChI is InChI=1S/C24H20N2O3S/c1-26-22(27)21(30-24(26)25-20-11-3-2-4-12-20)14-16-7-5-8-17(13-16)18-9-6-10-19(15-18)23(28)29/h2-5,7-8,10-15H,6,9H2,1H3,(H,28,29)/b21-14-,25-24+. The highest BCUT2D eigenvalue weighted by atomic mass is 32.2. The zero-order chi connectivity index (χ0) is 21.1. The van der Waals surface area contributed by atoms with Crippen LogP contribution in [0.25, 0.3) is 11.6 Å². The Labute approximate surface area is 179 Å². The number of carboxylic acid groups (broad SMARTS) is 1. The van der Waals surface area contributed by atoms with Crippen molar-refractivity contribution in [2.45, 2.75) is 12.8 Å². The van der Waals surface area contributed by atoms with Crippen molar-refractivity contribution in [1.82, 2.24) is 4.90 Å². The van der Waals surface area contributed by atoms with E-state index in [4.69, 9.17) is 0 Å². The molecule has 4 rings (SSSR count). The summed E-state index contributed by atoms with van der Waals surface area (Å²) in [7, 11) is 1.72. The van der Waals surface area contributed by atoms with Gasteiger partial charge in [-0.3, -0.25) is 9.69 Å². The third-order valence-electron chi connectivity index (χ3n) is 4.89. The molecule has 0 unspecified atom stereocenters. The molecule has 0 saturated carbocycles. The van der Waals surface area contributed by atoms with Gasteiger partial charge in [0, 0.05) is 7.05 Å². The van der Waals surface area contributed by atoms with E-state index in [1.54, 1.807) is 24.1 Å². The molecule has 2 aromatic rings. The van der Waals surface area contributed by atoms with Gasteiger partial charge >= 0.3 is 5.97 Å². The molecule has 1 N–H and O–H groups in total. The zero-order valence-corrected chi connectivity index (χ0v) is 17.2. The first-order chi connectivity index (χ1) is 14.5. The minimum atomic E-state index is -0.910. The fourth-order valence-electron chi connectivity index (χ4n) is 3.32. The topological polar surface area (TPSA) is 70.0 Å². The largest absolute Gasteiger partial charge is 0.478 e. The van der Waals surface area contributed by atoms with Crippen LogP contribution in [0.3, 0.4) is 0 Å². The molecule has 0 radical (unpaired) electrons. The van der Waals surface area contributed by atoms with E-state index in [-0.39, 0.29) is 5.91 Å². The Bertz CT molecular complexity index is 1130. The van der Waals surface area contributed by atoms with E-state index < -0.39 is 5.97 Å². The van der Waals surface area contributed by atoms with E-state index in [0.717, 1.165) is 28.8 Å². The molecule has 1 amide bonds. The summed E-state index contributed by atoms with van der Waals surface area (Å²) >= 11 is 1.35. The number of hydrogen-bond acceptors (Lipinski definition) is 4. The minimum absolute atomic E-state index is 0.0898. The van der Waals surface area contributed by atoms with Crippen molar-refractivity contribution in [2.75, 3.05) is 7.05 Å². The van der Waals surface area contributed by atoms with Crippen molar-refractivity contribution in [2.24, 2.45) is 4.99 Å². The van der Waals surface area contributed by atoms with Crippen molar-refractivity contribution in [3.8, 4) is 0 Å². The van der Waals surface area contributed by atoms with Gasteiger partial charge in [-0.05, 0) is 71.7 Å². The van der Waals surface area contributed by atoms with Gasteiger partial charge in [-0.25, -0.2) is 9.79 Å². The third kappa shape index (κ3) is 4.28. The lowest BCUT2D eigenvalue weighted by molar-refractivity contribution is -0.132. The van der Waals surface area contributed by atoms with Crippen LogP contribution < -0.4 is 0 Å². The highest BCUT2D eigenvalue weighted by Gasteiger charge is 2.30. The Morgan fingerprint density at radius 3 is 2.73 bits per heavy atom. The highest BCUT2D eigenvalue weighted by molar-refractivity contribution is 8.18. The molecule has 6 heteroatoms. The SMILES string of the molecule is CN1C(=O)/C(=C/c2cccc(C3=CC(C(=O)O)=CCC3)c2)S/C1=N/c1ccccc1. The third-order valence-corrected chi connectivity index (χ3v) is 5.95. The van der Waals surface area contributed by atoms with Crippen LogP contribution in [0.15, 0.2) is 82.2 Å². The number of benzene rings is 2. The Kier molecular flexibility index (Phi) is 5.68. The van der Waals surface area contributed by atoms with Gasteiger partial charge in [-0.1, -0.05) is 42.5 Å². The van der Waals surface area contributed by atoms with Crippen LogP contribution in [0.5, 0.6) is 0 Å². The second-order valence-electron chi connectivity index (χ2n) is 7.00. The maximum atomic E-state index is 12.7. The fourth-order valence-corrected chi connectivity index (χ4v) is 4.31. The summed E-state index contributed by atoms with van der Waals surface area (Å²) in [5.74, 6) is -1.00. The number of carboxylic acids is 1. The van der Waals surface area contributed by atoms with Crippen LogP contribution in [-0.4, -0.2) is 34.1 Å². The molecule has 150 valence electrons. The number of carbonyl (C=O) groups is 2. The molecule has 1 aliphatic heterocycles. The predicted molar refractivity (Wildman–Crippen MR) is 121 cm³/mol. The first kappa shape index (κ1) is 19.9. The number of allylic oxidation sites excluding steroid dienone is 2. The van der Waals surface area contributed by atoms with Crippen molar-refractivity contribution >= 4 is 46.1 Å². The number of likely N-dealkylation sites (N-methyl/N-ethyl adjacent to an activating group) is 1. The van der Waals surface area contributed by atoms with Crippen molar-refractivity contribution in [3.63, 3.8) is 0 Å². The average Bonchev–Trinajstić information content (AvgIpc) is 3.02. The van der Waals surface area contributed by atoms with Gasteiger partial charge in [0.2, 0.25) is 0 Å². The van der Waals surface area contributed by atoms with Crippen LogP contribution in [0.4, 0.5) is 5.69 Å². The summed E-state index contributed by atoms with van der Waals surface area (Å²) < 4.78 is 0. The minimum Gasteiger partial charge on any atom is -0.478 e. The van der Waals surface area contributed by atoms with E-state index in [1.165, 1.54) is 11.8 Å². The van der Waals surface area contributed by atoms with Crippen molar-refractivity contribution in [1.29, 1.82) is 0 Å². The fraction of sp³-hybridized carbons (Fsp3) is 0.125. The first-order valence-corrected chi connectivity index (χ1v) is 10.4. The number of carbonyl (C=O) groups excluding carboxylic acids is 1. The van der Waals surface area contributed by atoms with Crippen molar-refractivity contribution in [3.05, 3.63) is 88.4 Å². The summed E-state index contributed by atoms with van der Waals surface area (Å²) in [6.07, 6.45) is 6.83. The van der Waals surface area contributed by atoms with Gasteiger partial charge in [-0.2, -0.15) is 0 Å². The van der Waals surface area contributed by atoms with E-state index in [2.05, 4.69) is 4.99 Å². The monoisotopic (exact) mass is 416 g/mol. The Balaban J connectivity index is 1.61. The molecule has 1 heterocycles.